The van der Waals surface area contributed by atoms with Gasteiger partial charge in [0.25, 0.3) is 0 Å². The molecule has 0 bridgehead atoms. The Morgan fingerprint density at radius 1 is 1.40 bits per heavy atom. The SMILES string of the molecule is CCSc1cccc(NCCCOCC(C)C)c1C#N. The summed E-state index contributed by atoms with van der Waals surface area (Å²) < 4.78 is 5.54. The molecular formula is C16H24N2OS. The van der Waals surface area contributed by atoms with Crippen LogP contribution < -0.4 is 5.32 Å². The molecule has 1 rings (SSSR count). The van der Waals surface area contributed by atoms with Crippen LogP contribution in [0.3, 0.4) is 0 Å². The molecule has 0 amide bonds. The van der Waals surface area contributed by atoms with Gasteiger partial charge in [0.1, 0.15) is 6.07 Å². The van der Waals surface area contributed by atoms with Gasteiger partial charge in [0.15, 0.2) is 0 Å². The Morgan fingerprint density at radius 2 is 2.20 bits per heavy atom. The molecule has 0 aromatic heterocycles. The molecule has 110 valence electrons. The lowest BCUT2D eigenvalue weighted by atomic mass is 10.2. The van der Waals surface area contributed by atoms with Crippen LogP contribution in [0.5, 0.6) is 0 Å². The molecule has 0 aliphatic rings. The van der Waals surface area contributed by atoms with Crippen LogP contribution in [0.2, 0.25) is 0 Å². The Balaban J connectivity index is 2.44. The van der Waals surface area contributed by atoms with Crippen molar-refractivity contribution in [2.75, 3.05) is 30.8 Å². The van der Waals surface area contributed by atoms with Crippen LogP contribution in [0.4, 0.5) is 5.69 Å². The van der Waals surface area contributed by atoms with E-state index in [-0.39, 0.29) is 0 Å². The topological polar surface area (TPSA) is 45.0 Å². The highest BCUT2D eigenvalue weighted by Gasteiger charge is 2.07. The number of hydrogen-bond donors (Lipinski definition) is 1. The van der Waals surface area contributed by atoms with E-state index in [1.165, 1.54) is 0 Å². The molecule has 0 aliphatic heterocycles. The van der Waals surface area contributed by atoms with Gasteiger partial charge in [-0.05, 0) is 30.2 Å². The summed E-state index contributed by atoms with van der Waals surface area (Å²) in [6.07, 6.45) is 0.947. The minimum atomic E-state index is 0.580. The maximum atomic E-state index is 9.30. The number of nitriles is 1. The van der Waals surface area contributed by atoms with E-state index in [9.17, 15) is 5.26 Å². The molecule has 20 heavy (non-hydrogen) atoms. The summed E-state index contributed by atoms with van der Waals surface area (Å²) in [7, 11) is 0. The first-order valence-electron chi connectivity index (χ1n) is 7.16. The Morgan fingerprint density at radius 3 is 2.85 bits per heavy atom. The summed E-state index contributed by atoms with van der Waals surface area (Å²) in [6, 6.07) is 8.27. The number of thioether (sulfide) groups is 1. The minimum absolute atomic E-state index is 0.580. The quantitative estimate of drug-likeness (QED) is 0.548. The van der Waals surface area contributed by atoms with Gasteiger partial charge in [0.05, 0.1) is 11.3 Å². The van der Waals surface area contributed by atoms with E-state index in [0.29, 0.717) is 5.92 Å². The molecule has 1 aromatic carbocycles. The van der Waals surface area contributed by atoms with E-state index in [4.69, 9.17) is 4.74 Å². The molecule has 1 N–H and O–H groups in total. The molecule has 0 saturated heterocycles. The van der Waals surface area contributed by atoms with Crippen LogP contribution >= 0.6 is 11.8 Å². The van der Waals surface area contributed by atoms with E-state index in [0.717, 1.165) is 48.1 Å². The molecule has 3 nitrogen and oxygen atoms in total. The van der Waals surface area contributed by atoms with Crippen LogP contribution in [-0.2, 0) is 4.74 Å². The lowest BCUT2D eigenvalue weighted by Gasteiger charge is -2.11. The average Bonchev–Trinajstić information content (AvgIpc) is 2.43. The van der Waals surface area contributed by atoms with Gasteiger partial charge >= 0.3 is 0 Å². The number of nitrogens with zero attached hydrogens (tertiary/aromatic N) is 1. The average molecular weight is 292 g/mol. The summed E-state index contributed by atoms with van der Waals surface area (Å²) in [4.78, 5) is 1.05. The van der Waals surface area contributed by atoms with E-state index in [1.807, 2.05) is 18.2 Å². The second-order valence-corrected chi connectivity index (χ2v) is 6.28. The van der Waals surface area contributed by atoms with Crippen molar-refractivity contribution in [3.8, 4) is 6.07 Å². The van der Waals surface area contributed by atoms with Crippen molar-refractivity contribution in [1.82, 2.24) is 0 Å². The molecule has 0 atom stereocenters. The Hall–Kier alpha value is -1.18. The van der Waals surface area contributed by atoms with E-state index in [2.05, 4.69) is 32.2 Å². The molecule has 0 saturated carbocycles. The molecule has 0 aliphatic carbocycles. The molecule has 0 unspecified atom stereocenters. The van der Waals surface area contributed by atoms with Crippen molar-refractivity contribution < 1.29 is 4.74 Å². The predicted molar refractivity (Wildman–Crippen MR) is 86.3 cm³/mol. The number of nitrogens with one attached hydrogen (secondary N) is 1. The fraction of sp³-hybridized carbons (Fsp3) is 0.562. The van der Waals surface area contributed by atoms with Crippen molar-refractivity contribution in [3.05, 3.63) is 23.8 Å². The summed E-state index contributed by atoms with van der Waals surface area (Å²) in [6.45, 7) is 8.79. The Labute approximate surface area is 126 Å². The smallest absolute Gasteiger partial charge is 0.102 e. The second kappa shape index (κ2) is 9.68. The lowest BCUT2D eigenvalue weighted by Crippen LogP contribution is -2.09. The first-order valence-corrected chi connectivity index (χ1v) is 8.15. The molecular weight excluding hydrogens is 268 g/mol. The monoisotopic (exact) mass is 292 g/mol. The fourth-order valence-corrected chi connectivity index (χ4v) is 2.57. The third-order valence-electron chi connectivity index (χ3n) is 2.67. The van der Waals surface area contributed by atoms with Gasteiger partial charge in [-0.2, -0.15) is 5.26 Å². The summed E-state index contributed by atoms with van der Waals surface area (Å²) in [5.41, 5.74) is 1.68. The van der Waals surface area contributed by atoms with Gasteiger partial charge in [-0.1, -0.05) is 26.8 Å². The number of benzene rings is 1. The molecule has 0 heterocycles. The van der Waals surface area contributed by atoms with Crippen LogP contribution in [0.1, 0.15) is 32.8 Å². The maximum Gasteiger partial charge on any atom is 0.102 e. The van der Waals surface area contributed by atoms with Gasteiger partial charge in [0.2, 0.25) is 0 Å². The highest BCUT2D eigenvalue weighted by molar-refractivity contribution is 7.99. The van der Waals surface area contributed by atoms with E-state index < -0.39 is 0 Å². The molecule has 4 heteroatoms. The summed E-state index contributed by atoms with van der Waals surface area (Å²) >= 11 is 1.70. The summed E-state index contributed by atoms with van der Waals surface area (Å²) in [5, 5.41) is 12.6. The number of rotatable bonds is 9. The number of ether oxygens (including phenoxy) is 1. The first kappa shape index (κ1) is 16.9. The van der Waals surface area contributed by atoms with Gasteiger partial charge in [0, 0.05) is 24.7 Å². The summed E-state index contributed by atoms with van der Waals surface area (Å²) in [5.74, 6) is 1.55. The lowest BCUT2D eigenvalue weighted by molar-refractivity contribution is 0.110. The zero-order valence-corrected chi connectivity index (χ0v) is 13.4. The van der Waals surface area contributed by atoms with Crippen LogP contribution in [0.15, 0.2) is 23.1 Å². The molecule has 1 aromatic rings. The zero-order chi connectivity index (χ0) is 14.8. The molecule has 0 spiro atoms. The third-order valence-corrected chi connectivity index (χ3v) is 3.61. The number of anilines is 1. The Bertz CT molecular complexity index is 441. The largest absolute Gasteiger partial charge is 0.384 e. The van der Waals surface area contributed by atoms with Gasteiger partial charge in [-0.15, -0.1) is 11.8 Å². The van der Waals surface area contributed by atoms with Crippen LogP contribution in [0.25, 0.3) is 0 Å². The van der Waals surface area contributed by atoms with Crippen molar-refractivity contribution in [2.24, 2.45) is 5.92 Å². The van der Waals surface area contributed by atoms with E-state index >= 15 is 0 Å². The van der Waals surface area contributed by atoms with Crippen molar-refractivity contribution in [2.45, 2.75) is 32.1 Å². The fourth-order valence-electron chi connectivity index (χ4n) is 1.79. The number of hydrogen-bond acceptors (Lipinski definition) is 4. The van der Waals surface area contributed by atoms with Crippen molar-refractivity contribution in [3.63, 3.8) is 0 Å². The third kappa shape index (κ3) is 5.85. The van der Waals surface area contributed by atoms with Crippen molar-refractivity contribution in [1.29, 1.82) is 5.26 Å². The van der Waals surface area contributed by atoms with Crippen LogP contribution in [0, 0.1) is 17.2 Å². The maximum absolute atomic E-state index is 9.30. The standard InChI is InChI=1S/C16H24N2OS/c1-4-20-16-8-5-7-15(14(16)11-17)18-9-6-10-19-12-13(2)3/h5,7-8,13,18H,4,6,9-10,12H2,1-3H3. The highest BCUT2D eigenvalue weighted by atomic mass is 32.2. The molecule has 0 fully saturated rings. The first-order chi connectivity index (χ1) is 9.69. The second-order valence-electron chi connectivity index (χ2n) is 4.97. The zero-order valence-electron chi connectivity index (χ0n) is 12.6. The Kier molecular flexibility index (Phi) is 8.17. The molecule has 0 radical (unpaired) electrons. The highest BCUT2D eigenvalue weighted by Crippen LogP contribution is 2.27. The van der Waals surface area contributed by atoms with Gasteiger partial charge in [-0.3, -0.25) is 0 Å². The van der Waals surface area contributed by atoms with Crippen LogP contribution in [-0.4, -0.2) is 25.5 Å². The van der Waals surface area contributed by atoms with Gasteiger partial charge < -0.3 is 10.1 Å². The van der Waals surface area contributed by atoms with E-state index in [1.54, 1.807) is 11.8 Å². The normalized spacial score (nSPS) is 10.6. The van der Waals surface area contributed by atoms with Crippen molar-refractivity contribution >= 4 is 17.4 Å². The predicted octanol–water partition coefficient (Wildman–Crippen LogP) is 4.14. The minimum Gasteiger partial charge on any atom is -0.384 e. The van der Waals surface area contributed by atoms with Gasteiger partial charge in [-0.25, -0.2) is 0 Å².